The number of aliphatic hydroxyl groups is 1. The first kappa shape index (κ1) is 12.7. The van der Waals surface area contributed by atoms with Crippen LogP contribution in [0.2, 0.25) is 0 Å². The second-order valence-corrected chi connectivity index (χ2v) is 4.32. The first-order valence-corrected chi connectivity index (χ1v) is 5.42. The third-order valence-electron chi connectivity index (χ3n) is 3.00. The Bertz CT molecular complexity index is 365. The molecule has 0 saturated carbocycles. The minimum Gasteiger partial charge on any atom is -0.479 e. The molecule has 0 fully saturated rings. The predicted molar refractivity (Wildman–Crippen MR) is 62.5 cm³/mol. The summed E-state index contributed by atoms with van der Waals surface area (Å²) in [6.07, 6.45) is 0.586. The Morgan fingerprint density at radius 1 is 1.38 bits per heavy atom. The van der Waals surface area contributed by atoms with Crippen molar-refractivity contribution in [3.63, 3.8) is 0 Å². The number of carboxylic acids is 1. The molecule has 0 aliphatic rings. The van der Waals surface area contributed by atoms with E-state index in [4.69, 9.17) is 5.11 Å². The highest BCUT2D eigenvalue weighted by molar-refractivity contribution is 5.78. The van der Waals surface area contributed by atoms with Crippen LogP contribution >= 0.6 is 0 Å². The smallest absolute Gasteiger partial charge is 0.336 e. The molecule has 1 aromatic carbocycles. The van der Waals surface area contributed by atoms with Gasteiger partial charge in [0.15, 0.2) is 5.60 Å². The molecule has 0 aliphatic heterocycles. The molecule has 0 aliphatic carbocycles. The Kier molecular flexibility index (Phi) is 3.70. The van der Waals surface area contributed by atoms with Crippen molar-refractivity contribution in [1.82, 2.24) is 0 Å². The Labute approximate surface area is 95.7 Å². The van der Waals surface area contributed by atoms with Gasteiger partial charge in [-0.05, 0) is 25.8 Å². The van der Waals surface area contributed by atoms with E-state index >= 15 is 0 Å². The average molecular weight is 222 g/mol. The van der Waals surface area contributed by atoms with Gasteiger partial charge in [0, 0.05) is 5.92 Å². The van der Waals surface area contributed by atoms with Gasteiger partial charge in [-0.3, -0.25) is 0 Å². The van der Waals surface area contributed by atoms with E-state index in [1.807, 2.05) is 38.1 Å². The summed E-state index contributed by atoms with van der Waals surface area (Å²) in [6.45, 7) is 5.20. The molecule has 0 saturated heterocycles. The third-order valence-corrected chi connectivity index (χ3v) is 3.00. The Morgan fingerprint density at radius 3 is 2.25 bits per heavy atom. The van der Waals surface area contributed by atoms with Gasteiger partial charge in [-0.2, -0.15) is 0 Å². The van der Waals surface area contributed by atoms with Crippen molar-refractivity contribution in [1.29, 1.82) is 0 Å². The molecule has 16 heavy (non-hydrogen) atoms. The minimum atomic E-state index is -1.72. The lowest BCUT2D eigenvalue weighted by Crippen LogP contribution is -2.41. The molecule has 2 atom stereocenters. The highest BCUT2D eigenvalue weighted by Crippen LogP contribution is 2.31. The molecule has 0 radical (unpaired) electrons. The fourth-order valence-electron chi connectivity index (χ4n) is 1.91. The number of hydrogen-bond acceptors (Lipinski definition) is 2. The quantitative estimate of drug-likeness (QED) is 0.822. The number of aliphatic carboxylic acids is 1. The van der Waals surface area contributed by atoms with Gasteiger partial charge in [-0.15, -0.1) is 0 Å². The topological polar surface area (TPSA) is 57.5 Å². The van der Waals surface area contributed by atoms with Crippen LogP contribution in [-0.4, -0.2) is 21.8 Å². The normalized spacial score (nSPS) is 16.5. The summed E-state index contributed by atoms with van der Waals surface area (Å²) < 4.78 is 0. The van der Waals surface area contributed by atoms with Gasteiger partial charge in [-0.25, -0.2) is 4.79 Å². The molecular weight excluding hydrogens is 204 g/mol. The molecule has 0 heterocycles. The Hall–Kier alpha value is -1.35. The van der Waals surface area contributed by atoms with Crippen molar-refractivity contribution >= 4 is 5.97 Å². The maximum atomic E-state index is 11.0. The zero-order chi connectivity index (χ0) is 12.3. The molecule has 0 aromatic heterocycles. The molecular formula is C13H18O3. The second kappa shape index (κ2) is 4.66. The number of carboxylic acid groups (broad SMARTS) is 1. The Morgan fingerprint density at radius 2 is 1.88 bits per heavy atom. The standard InChI is InChI=1S/C13H18O3/c1-4-11(13(3,16)12(14)15)10-7-5-9(2)6-8-10/h5-8,11,16H,4H2,1-3H3,(H,14,15). The average Bonchev–Trinajstić information content (AvgIpc) is 2.21. The fraction of sp³-hybridized carbons (Fsp3) is 0.462. The fourth-order valence-corrected chi connectivity index (χ4v) is 1.91. The highest BCUT2D eigenvalue weighted by atomic mass is 16.4. The molecule has 3 heteroatoms. The maximum absolute atomic E-state index is 11.0. The molecule has 0 amide bonds. The maximum Gasteiger partial charge on any atom is 0.336 e. The van der Waals surface area contributed by atoms with Crippen LogP contribution in [0.5, 0.6) is 0 Å². The van der Waals surface area contributed by atoms with E-state index in [2.05, 4.69) is 0 Å². The number of benzene rings is 1. The molecule has 0 bridgehead atoms. The largest absolute Gasteiger partial charge is 0.479 e. The monoisotopic (exact) mass is 222 g/mol. The van der Waals surface area contributed by atoms with E-state index in [-0.39, 0.29) is 5.92 Å². The molecule has 1 rings (SSSR count). The van der Waals surface area contributed by atoms with Gasteiger partial charge in [0.1, 0.15) is 0 Å². The minimum absolute atomic E-state index is 0.384. The van der Waals surface area contributed by atoms with E-state index in [1.54, 1.807) is 0 Å². The van der Waals surface area contributed by atoms with Crippen LogP contribution in [0.3, 0.4) is 0 Å². The highest BCUT2D eigenvalue weighted by Gasteiger charge is 2.39. The number of hydrogen-bond donors (Lipinski definition) is 2. The Balaban J connectivity index is 3.07. The van der Waals surface area contributed by atoms with E-state index in [0.717, 1.165) is 11.1 Å². The zero-order valence-corrected chi connectivity index (χ0v) is 9.90. The summed E-state index contributed by atoms with van der Waals surface area (Å²) in [4.78, 5) is 11.0. The van der Waals surface area contributed by atoms with Crippen molar-refractivity contribution in [2.24, 2.45) is 0 Å². The number of aryl methyl sites for hydroxylation is 1. The SMILES string of the molecule is CCC(c1ccc(C)cc1)C(C)(O)C(=O)O. The summed E-state index contributed by atoms with van der Waals surface area (Å²) in [5, 5.41) is 19.0. The van der Waals surface area contributed by atoms with Crippen molar-refractivity contribution < 1.29 is 15.0 Å². The van der Waals surface area contributed by atoms with Crippen molar-refractivity contribution in [3.8, 4) is 0 Å². The van der Waals surface area contributed by atoms with Gasteiger partial charge in [0.05, 0.1) is 0 Å². The third kappa shape index (κ3) is 2.42. The summed E-state index contributed by atoms with van der Waals surface area (Å²) in [5.74, 6) is -1.56. The van der Waals surface area contributed by atoms with Crippen LogP contribution in [0, 0.1) is 6.92 Å². The van der Waals surface area contributed by atoms with Crippen molar-refractivity contribution in [2.75, 3.05) is 0 Å². The molecule has 0 spiro atoms. The first-order valence-electron chi connectivity index (χ1n) is 5.42. The lowest BCUT2D eigenvalue weighted by atomic mass is 9.81. The molecule has 2 N–H and O–H groups in total. The number of carbonyl (C=O) groups is 1. The van der Waals surface area contributed by atoms with Crippen LogP contribution in [0.25, 0.3) is 0 Å². The van der Waals surface area contributed by atoms with Gasteiger partial charge in [0.2, 0.25) is 0 Å². The van der Waals surface area contributed by atoms with Crippen molar-refractivity contribution in [2.45, 2.75) is 38.7 Å². The molecule has 88 valence electrons. The van der Waals surface area contributed by atoms with Crippen LogP contribution in [0.1, 0.15) is 37.3 Å². The van der Waals surface area contributed by atoms with Gasteiger partial charge in [-0.1, -0.05) is 36.8 Å². The summed E-state index contributed by atoms with van der Waals surface area (Å²) >= 11 is 0. The summed E-state index contributed by atoms with van der Waals surface area (Å²) in [7, 11) is 0. The summed E-state index contributed by atoms with van der Waals surface area (Å²) in [6, 6.07) is 7.60. The van der Waals surface area contributed by atoms with E-state index in [1.165, 1.54) is 6.92 Å². The van der Waals surface area contributed by atoms with Gasteiger partial charge in [0.25, 0.3) is 0 Å². The predicted octanol–water partition coefficient (Wildman–Crippen LogP) is 2.32. The molecule has 1 aromatic rings. The molecule has 3 nitrogen and oxygen atoms in total. The van der Waals surface area contributed by atoms with E-state index < -0.39 is 11.6 Å². The second-order valence-electron chi connectivity index (χ2n) is 4.32. The van der Waals surface area contributed by atoms with Gasteiger partial charge >= 0.3 is 5.97 Å². The van der Waals surface area contributed by atoms with Crippen LogP contribution < -0.4 is 0 Å². The lowest BCUT2D eigenvalue weighted by molar-refractivity contribution is -0.159. The zero-order valence-electron chi connectivity index (χ0n) is 9.90. The van der Waals surface area contributed by atoms with Crippen molar-refractivity contribution in [3.05, 3.63) is 35.4 Å². The first-order chi connectivity index (χ1) is 7.39. The van der Waals surface area contributed by atoms with E-state index in [0.29, 0.717) is 6.42 Å². The summed E-state index contributed by atoms with van der Waals surface area (Å²) in [5.41, 5.74) is 0.262. The van der Waals surface area contributed by atoms with Gasteiger partial charge < -0.3 is 10.2 Å². The van der Waals surface area contributed by atoms with Crippen LogP contribution in [0.15, 0.2) is 24.3 Å². The van der Waals surface area contributed by atoms with Crippen LogP contribution in [0.4, 0.5) is 0 Å². The number of rotatable bonds is 4. The van der Waals surface area contributed by atoms with E-state index in [9.17, 15) is 9.90 Å². The van der Waals surface area contributed by atoms with Crippen LogP contribution in [-0.2, 0) is 4.79 Å². The lowest BCUT2D eigenvalue weighted by Gasteiger charge is -2.28. The molecule has 2 unspecified atom stereocenters.